The molecule has 4 aromatic rings. The zero-order valence-electron chi connectivity index (χ0n) is 16.8. The lowest BCUT2D eigenvalue weighted by molar-refractivity contribution is -0.115. The average molecular weight is 469 g/mol. The number of thiophene rings is 1. The third-order valence-electron chi connectivity index (χ3n) is 5.29. The van der Waals surface area contributed by atoms with Gasteiger partial charge in [0, 0.05) is 16.5 Å². The Labute approximate surface area is 191 Å². The lowest BCUT2D eigenvalue weighted by atomic mass is 9.97. The number of anilines is 1. The molecular weight excluding hydrogens is 448 g/mol. The largest absolute Gasteiger partial charge is 0.301 e. The van der Waals surface area contributed by atoms with Crippen molar-refractivity contribution in [1.29, 1.82) is 0 Å². The van der Waals surface area contributed by atoms with E-state index in [1.54, 1.807) is 22.1 Å². The molecule has 0 aliphatic heterocycles. The van der Waals surface area contributed by atoms with Crippen molar-refractivity contribution in [2.24, 2.45) is 0 Å². The summed E-state index contributed by atoms with van der Waals surface area (Å²) in [5, 5.41) is 6.03. The number of thioether (sulfide) groups is 1. The van der Waals surface area contributed by atoms with Crippen LogP contribution in [0.3, 0.4) is 0 Å². The third kappa shape index (κ3) is 3.93. The summed E-state index contributed by atoms with van der Waals surface area (Å²) in [7, 11) is 0. The fourth-order valence-electron chi connectivity index (χ4n) is 3.77. The monoisotopic (exact) mass is 468 g/mol. The lowest BCUT2D eigenvalue weighted by Gasteiger charge is -2.16. The fourth-order valence-corrected chi connectivity index (χ4v) is 6.54. The number of rotatable bonds is 5. The molecule has 0 bridgehead atoms. The van der Waals surface area contributed by atoms with Gasteiger partial charge in [0.2, 0.25) is 5.91 Å². The quantitative estimate of drug-likeness (QED) is 0.333. The molecule has 1 aliphatic carbocycles. The molecule has 1 atom stereocenters. The first kappa shape index (κ1) is 20.4. The van der Waals surface area contributed by atoms with Crippen molar-refractivity contribution in [3.63, 3.8) is 0 Å². The number of aryl methyl sites for hydroxylation is 2. The van der Waals surface area contributed by atoms with Crippen LogP contribution in [0.4, 0.5) is 5.13 Å². The minimum absolute atomic E-state index is 0.0503. The predicted molar refractivity (Wildman–Crippen MR) is 128 cm³/mol. The van der Waals surface area contributed by atoms with Crippen LogP contribution in [0.2, 0.25) is 0 Å². The van der Waals surface area contributed by atoms with Crippen molar-refractivity contribution < 1.29 is 4.79 Å². The van der Waals surface area contributed by atoms with Crippen LogP contribution >= 0.6 is 34.4 Å². The molecule has 1 N–H and O–H groups in total. The van der Waals surface area contributed by atoms with Crippen LogP contribution in [0.5, 0.6) is 0 Å². The van der Waals surface area contributed by atoms with Crippen LogP contribution in [-0.2, 0) is 17.6 Å². The smallest absolute Gasteiger partial charge is 0.267 e. The molecule has 5 rings (SSSR count). The number of hydrogen-bond donors (Lipinski definition) is 1. The SMILES string of the molecule is C[C@@H](Sc1nc2sc3c(c2c(=O)n1-c1ccccc1)CCCC3)C(=O)Nc1nccs1. The fraction of sp³-hybridized carbons (Fsp3) is 0.273. The highest BCUT2D eigenvalue weighted by Crippen LogP contribution is 2.36. The number of hydrogen-bond acceptors (Lipinski definition) is 7. The third-order valence-corrected chi connectivity index (χ3v) is 8.21. The second-order valence-corrected chi connectivity index (χ2v) is 10.6. The molecule has 3 heterocycles. The van der Waals surface area contributed by atoms with E-state index in [2.05, 4.69) is 10.3 Å². The summed E-state index contributed by atoms with van der Waals surface area (Å²) in [6, 6.07) is 9.53. The molecule has 1 aromatic carbocycles. The highest BCUT2D eigenvalue weighted by atomic mass is 32.2. The van der Waals surface area contributed by atoms with Gasteiger partial charge in [0.15, 0.2) is 10.3 Å². The molecule has 0 saturated heterocycles. The molecule has 0 fully saturated rings. The Hall–Kier alpha value is -2.49. The summed E-state index contributed by atoms with van der Waals surface area (Å²) in [6.07, 6.45) is 5.85. The van der Waals surface area contributed by atoms with Crippen molar-refractivity contribution >= 4 is 55.7 Å². The van der Waals surface area contributed by atoms with E-state index in [-0.39, 0.29) is 11.5 Å². The van der Waals surface area contributed by atoms with E-state index in [0.717, 1.165) is 41.6 Å². The van der Waals surface area contributed by atoms with Crippen molar-refractivity contribution in [1.82, 2.24) is 14.5 Å². The van der Waals surface area contributed by atoms with Crippen LogP contribution in [0.25, 0.3) is 15.9 Å². The van der Waals surface area contributed by atoms with E-state index in [0.29, 0.717) is 10.3 Å². The van der Waals surface area contributed by atoms with E-state index in [1.807, 2.05) is 42.6 Å². The maximum atomic E-state index is 13.7. The van der Waals surface area contributed by atoms with E-state index in [1.165, 1.54) is 33.5 Å². The molecule has 0 saturated carbocycles. The highest BCUT2D eigenvalue weighted by molar-refractivity contribution is 8.00. The minimum Gasteiger partial charge on any atom is -0.301 e. The van der Waals surface area contributed by atoms with E-state index >= 15 is 0 Å². The van der Waals surface area contributed by atoms with Crippen molar-refractivity contribution in [2.45, 2.75) is 43.0 Å². The Balaban J connectivity index is 1.59. The maximum Gasteiger partial charge on any atom is 0.267 e. The standard InChI is InChI=1S/C22H20N4O2S3/c1-13(18(27)24-21-23-11-12-29-21)30-22-25-19-17(15-9-5-6-10-16(15)31-19)20(28)26(22)14-7-3-2-4-8-14/h2-4,7-8,11-13H,5-6,9-10H2,1H3,(H,23,24,27)/t13-/m1/s1. The number of para-hydroxylation sites is 1. The first-order chi connectivity index (χ1) is 15.1. The van der Waals surface area contributed by atoms with E-state index < -0.39 is 5.25 Å². The molecule has 0 radical (unpaired) electrons. The van der Waals surface area contributed by atoms with Gasteiger partial charge in [-0.15, -0.1) is 22.7 Å². The molecule has 3 aromatic heterocycles. The Morgan fingerprint density at radius 1 is 1.23 bits per heavy atom. The molecule has 1 amide bonds. The van der Waals surface area contributed by atoms with Crippen LogP contribution in [0.1, 0.15) is 30.2 Å². The zero-order valence-corrected chi connectivity index (χ0v) is 19.3. The summed E-state index contributed by atoms with van der Waals surface area (Å²) in [5.41, 5.74) is 1.87. The van der Waals surface area contributed by atoms with Gasteiger partial charge in [0.1, 0.15) is 4.83 Å². The molecule has 9 heteroatoms. The Kier molecular flexibility index (Phi) is 5.64. The number of fused-ring (bicyclic) bond motifs is 3. The van der Waals surface area contributed by atoms with Gasteiger partial charge in [-0.2, -0.15) is 0 Å². The first-order valence-electron chi connectivity index (χ1n) is 10.1. The second kappa shape index (κ2) is 8.57. The first-order valence-corrected chi connectivity index (χ1v) is 12.7. The summed E-state index contributed by atoms with van der Waals surface area (Å²) < 4.78 is 1.65. The average Bonchev–Trinajstić information content (AvgIpc) is 3.41. The minimum atomic E-state index is -0.446. The van der Waals surface area contributed by atoms with Gasteiger partial charge in [-0.25, -0.2) is 9.97 Å². The number of thiazole rings is 1. The van der Waals surface area contributed by atoms with E-state index in [9.17, 15) is 9.59 Å². The van der Waals surface area contributed by atoms with Crippen LogP contribution in [-0.4, -0.2) is 25.7 Å². The van der Waals surface area contributed by atoms with Crippen molar-refractivity contribution in [3.05, 3.63) is 62.7 Å². The van der Waals surface area contributed by atoms with Gasteiger partial charge in [-0.1, -0.05) is 30.0 Å². The maximum absolute atomic E-state index is 13.7. The molecule has 0 unspecified atom stereocenters. The predicted octanol–water partition coefficient (Wildman–Crippen LogP) is 4.90. The molecule has 6 nitrogen and oxygen atoms in total. The molecular formula is C22H20N4O2S3. The number of amides is 1. The summed E-state index contributed by atoms with van der Waals surface area (Å²) in [6.45, 7) is 1.82. The van der Waals surface area contributed by atoms with Crippen LogP contribution < -0.4 is 10.9 Å². The Bertz CT molecular complexity index is 1300. The zero-order chi connectivity index (χ0) is 21.4. The van der Waals surface area contributed by atoms with Gasteiger partial charge in [0.25, 0.3) is 5.56 Å². The van der Waals surface area contributed by atoms with E-state index in [4.69, 9.17) is 4.98 Å². The van der Waals surface area contributed by atoms with Crippen LogP contribution in [0, 0.1) is 0 Å². The number of nitrogens with one attached hydrogen (secondary N) is 1. The van der Waals surface area contributed by atoms with Gasteiger partial charge in [-0.05, 0) is 50.3 Å². The molecule has 158 valence electrons. The second-order valence-electron chi connectivity index (χ2n) is 7.35. The van der Waals surface area contributed by atoms with Gasteiger partial charge < -0.3 is 5.32 Å². The van der Waals surface area contributed by atoms with Crippen LogP contribution in [0.15, 0.2) is 51.9 Å². The number of carbonyl (C=O) groups is 1. The van der Waals surface area contributed by atoms with Gasteiger partial charge in [-0.3, -0.25) is 14.2 Å². The Morgan fingerprint density at radius 3 is 2.81 bits per heavy atom. The summed E-state index contributed by atoms with van der Waals surface area (Å²) in [4.78, 5) is 37.4. The Morgan fingerprint density at radius 2 is 2.03 bits per heavy atom. The molecule has 0 spiro atoms. The normalized spacial score (nSPS) is 14.4. The van der Waals surface area contributed by atoms with Crippen molar-refractivity contribution in [3.8, 4) is 5.69 Å². The summed E-state index contributed by atoms with van der Waals surface area (Å²) in [5.74, 6) is -0.167. The van der Waals surface area contributed by atoms with Crippen molar-refractivity contribution in [2.75, 3.05) is 5.32 Å². The number of carbonyl (C=O) groups excluding carboxylic acids is 1. The topological polar surface area (TPSA) is 76.9 Å². The highest BCUT2D eigenvalue weighted by Gasteiger charge is 2.25. The summed E-state index contributed by atoms with van der Waals surface area (Å²) >= 11 is 4.29. The molecule has 1 aliphatic rings. The van der Waals surface area contributed by atoms with Gasteiger partial charge >= 0.3 is 0 Å². The number of benzene rings is 1. The lowest BCUT2D eigenvalue weighted by Crippen LogP contribution is -2.26. The van der Waals surface area contributed by atoms with Gasteiger partial charge in [0.05, 0.1) is 16.3 Å². The number of aromatic nitrogens is 3. The number of nitrogens with zero attached hydrogens (tertiary/aromatic N) is 3. The molecule has 31 heavy (non-hydrogen) atoms.